The molecule has 0 aliphatic heterocycles. The number of carbonyl (C=O) groups is 1. The number of hydrazine groups is 1. The Morgan fingerprint density at radius 3 is 3.00 bits per heavy atom. The molecule has 0 bridgehead atoms. The van der Waals surface area contributed by atoms with Gasteiger partial charge < -0.3 is 0 Å². The third-order valence-corrected chi connectivity index (χ3v) is 1.71. The van der Waals surface area contributed by atoms with E-state index in [2.05, 4.69) is 4.98 Å². The zero-order valence-electron chi connectivity index (χ0n) is 5.54. The molecule has 11 heavy (non-hydrogen) atoms. The lowest BCUT2D eigenvalue weighted by Gasteiger charge is -1.97. The average molecular weight is 259 g/mol. The van der Waals surface area contributed by atoms with Crippen molar-refractivity contribution in [1.82, 2.24) is 10.4 Å². The van der Waals surface area contributed by atoms with Crippen molar-refractivity contribution in [2.24, 2.45) is 5.84 Å². The summed E-state index contributed by atoms with van der Waals surface area (Å²) in [6.07, 6.45) is 1.56. The van der Waals surface area contributed by atoms with Gasteiger partial charge in [0.15, 0.2) is 0 Å². The molecule has 1 rings (SSSR count). The molecule has 0 aliphatic carbocycles. The molecule has 0 saturated heterocycles. The van der Waals surface area contributed by atoms with Gasteiger partial charge in [-0.15, -0.1) is 0 Å². The van der Waals surface area contributed by atoms with Gasteiger partial charge in [-0.25, -0.2) is 5.84 Å². The fourth-order valence-electron chi connectivity index (χ4n) is 0.627. The van der Waals surface area contributed by atoms with Crippen LogP contribution in [-0.2, 0) is 0 Å². The molecule has 1 heterocycles. The van der Waals surface area contributed by atoms with Crippen LogP contribution in [0.5, 0.6) is 0 Å². The minimum absolute atomic E-state index is 0.301. The van der Waals surface area contributed by atoms with Crippen molar-refractivity contribution in [2.75, 3.05) is 0 Å². The number of nitrogens with one attached hydrogen (secondary N) is 1. The maximum Gasteiger partial charge on any atom is 0.265 e. The van der Waals surface area contributed by atoms with Gasteiger partial charge in [0.1, 0.15) is 3.70 Å². The Morgan fingerprint density at radius 2 is 2.45 bits per heavy atom. The second-order valence-electron chi connectivity index (χ2n) is 1.84. The third kappa shape index (κ3) is 2.12. The van der Waals surface area contributed by atoms with Crippen LogP contribution in [0, 0.1) is 3.70 Å². The molecular formula is C6H6IN3O. The number of nitrogens with two attached hydrogens (primary N) is 1. The summed E-state index contributed by atoms with van der Waals surface area (Å²) in [4.78, 5) is 14.8. The van der Waals surface area contributed by atoms with Crippen molar-refractivity contribution >= 4 is 28.5 Å². The summed E-state index contributed by atoms with van der Waals surface area (Å²) in [6, 6.07) is 3.26. The number of pyridine rings is 1. The molecule has 1 amide bonds. The smallest absolute Gasteiger partial charge is 0.265 e. The lowest BCUT2D eigenvalue weighted by Crippen LogP contribution is -2.30. The Morgan fingerprint density at radius 1 is 1.73 bits per heavy atom. The van der Waals surface area contributed by atoms with E-state index < -0.39 is 0 Å². The molecule has 0 aromatic carbocycles. The summed E-state index contributed by atoms with van der Waals surface area (Å²) in [6.45, 7) is 0. The fourth-order valence-corrected chi connectivity index (χ4v) is 1.12. The van der Waals surface area contributed by atoms with Gasteiger partial charge in [-0.05, 0) is 34.7 Å². The molecule has 5 heteroatoms. The summed E-state index contributed by atoms with van der Waals surface area (Å²) in [5.41, 5.74) is 2.56. The molecule has 0 saturated carbocycles. The Hall–Kier alpha value is -0.690. The largest absolute Gasteiger partial charge is 0.290 e. The Kier molecular flexibility index (Phi) is 2.77. The Labute approximate surface area is 77.3 Å². The van der Waals surface area contributed by atoms with Crippen LogP contribution >= 0.6 is 22.6 Å². The molecule has 58 valence electrons. The molecule has 3 N–H and O–H groups in total. The van der Waals surface area contributed by atoms with Crippen molar-refractivity contribution < 1.29 is 4.79 Å². The second kappa shape index (κ2) is 3.63. The summed E-state index contributed by atoms with van der Waals surface area (Å²) in [7, 11) is 0. The quantitative estimate of drug-likeness (QED) is 0.250. The van der Waals surface area contributed by atoms with Crippen LogP contribution in [0.3, 0.4) is 0 Å². The van der Waals surface area contributed by atoms with Gasteiger partial charge >= 0.3 is 0 Å². The summed E-state index contributed by atoms with van der Waals surface area (Å²) < 4.78 is 0.767. The molecule has 0 atom stereocenters. The van der Waals surface area contributed by atoms with Gasteiger partial charge in [0.2, 0.25) is 0 Å². The highest BCUT2D eigenvalue weighted by molar-refractivity contribution is 14.1. The summed E-state index contributed by atoms with van der Waals surface area (Å²) >= 11 is 2.02. The molecule has 0 unspecified atom stereocenters. The highest BCUT2D eigenvalue weighted by Crippen LogP contribution is 2.03. The Balaban J connectivity index is 2.96. The number of hydrogen-bond donors (Lipinski definition) is 2. The number of halogens is 1. The number of carbonyl (C=O) groups excluding carboxylic acids is 1. The predicted molar refractivity (Wildman–Crippen MR) is 48.6 cm³/mol. The van der Waals surface area contributed by atoms with Gasteiger partial charge in [-0.2, -0.15) is 0 Å². The van der Waals surface area contributed by atoms with E-state index in [1.54, 1.807) is 18.3 Å². The zero-order chi connectivity index (χ0) is 8.27. The van der Waals surface area contributed by atoms with Crippen molar-refractivity contribution in [3.05, 3.63) is 27.6 Å². The molecule has 0 radical (unpaired) electrons. The fraction of sp³-hybridized carbons (Fsp3) is 0. The van der Waals surface area contributed by atoms with E-state index in [-0.39, 0.29) is 5.91 Å². The van der Waals surface area contributed by atoms with Crippen LogP contribution in [0.1, 0.15) is 10.4 Å². The van der Waals surface area contributed by atoms with Crippen molar-refractivity contribution in [3.63, 3.8) is 0 Å². The summed E-state index contributed by atoms with van der Waals surface area (Å²) in [5.74, 6) is 4.63. The number of hydrogen-bond acceptors (Lipinski definition) is 3. The molecule has 0 aliphatic rings. The van der Waals surface area contributed by atoms with E-state index in [9.17, 15) is 4.79 Å². The molecule has 0 spiro atoms. The third-order valence-electron chi connectivity index (χ3n) is 1.12. The molecule has 1 aromatic rings. The maximum absolute atomic E-state index is 10.9. The van der Waals surface area contributed by atoms with E-state index >= 15 is 0 Å². The molecular weight excluding hydrogens is 253 g/mol. The zero-order valence-corrected chi connectivity index (χ0v) is 7.70. The number of nitrogens with zero attached hydrogens (tertiary/aromatic N) is 1. The van der Waals surface area contributed by atoms with Crippen LogP contribution in [0.25, 0.3) is 0 Å². The average Bonchev–Trinajstić information content (AvgIpc) is 2.03. The van der Waals surface area contributed by atoms with Gasteiger partial charge in [0, 0.05) is 11.8 Å². The minimum atomic E-state index is -0.301. The van der Waals surface area contributed by atoms with Crippen molar-refractivity contribution in [3.8, 4) is 0 Å². The number of aromatic nitrogens is 1. The minimum Gasteiger partial charge on any atom is -0.290 e. The number of nitrogen functional groups attached to an aromatic ring is 1. The lowest BCUT2D eigenvalue weighted by molar-refractivity contribution is 0.0953. The van der Waals surface area contributed by atoms with Gasteiger partial charge in [-0.1, -0.05) is 0 Å². The molecule has 0 fully saturated rings. The standard InChI is InChI=1S/C6H6IN3O/c7-5-3-4(1-2-9-5)6(11)10-8/h1-3H,8H2,(H,10,11)/i7-4. The number of amides is 1. The van der Waals surface area contributed by atoms with Crippen molar-refractivity contribution in [1.29, 1.82) is 0 Å². The Bertz CT molecular complexity index is 276. The van der Waals surface area contributed by atoms with Crippen LogP contribution < -0.4 is 11.3 Å². The molecule has 4 nitrogen and oxygen atoms in total. The normalized spacial score (nSPS) is 9.27. The number of rotatable bonds is 1. The first-order valence-electron chi connectivity index (χ1n) is 2.86. The van der Waals surface area contributed by atoms with E-state index in [4.69, 9.17) is 5.84 Å². The topological polar surface area (TPSA) is 68.0 Å². The monoisotopic (exact) mass is 259 g/mol. The van der Waals surface area contributed by atoms with Crippen LogP contribution in [0.15, 0.2) is 18.3 Å². The highest BCUT2D eigenvalue weighted by atomic mass is 123. The van der Waals surface area contributed by atoms with Gasteiger partial charge in [0.05, 0.1) is 0 Å². The predicted octanol–water partition coefficient (Wildman–Crippen LogP) is 0.290. The van der Waals surface area contributed by atoms with E-state index in [0.29, 0.717) is 5.56 Å². The first-order chi connectivity index (χ1) is 5.24. The van der Waals surface area contributed by atoms with Gasteiger partial charge in [-0.3, -0.25) is 15.2 Å². The second-order valence-corrected chi connectivity index (χ2v) is 2.95. The molecule has 1 aromatic heterocycles. The maximum atomic E-state index is 10.9. The van der Waals surface area contributed by atoms with Crippen LogP contribution in [-0.4, -0.2) is 10.9 Å². The summed E-state index contributed by atoms with van der Waals surface area (Å²) in [5, 5.41) is 0. The van der Waals surface area contributed by atoms with Gasteiger partial charge in [0.25, 0.3) is 5.91 Å². The first kappa shape index (κ1) is 8.41. The lowest BCUT2D eigenvalue weighted by atomic mass is 10.3. The van der Waals surface area contributed by atoms with Crippen molar-refractivity contribution in [2.45, 2.75) is 0 Å². The first-order valence-corrected chi connectivity index (χ1v) is 3.94. The SMILES string of the molecule is NNC(=O)c1ccnc([123I])c1. The van der Waals surface area contributed by atoms with E-state index in [1.807, 2.05) is 28.0 Å². The van der Waals surface area contributed by atoms with Crippen LogP contribution in [0.4, 0.5) is 0 Å². The van der Waals surface area contributed by atoms with E-state index in [1.165, 1.54) is 0 Å². The highest BCUT2D eigenvalue weighted by Gasteiger charge is 2.02. The van der Waals surface area contributed by atoms with E-state index in [0.717, 1.165) is 3.70 Å². The van der Waals surface area contributed by atoms with Crippen LogP contribution in [0.2, 0.25) is 0 Å².